The highest BCUT2D eigenvalue weighted by molar-refractivity contribution is 5.92. The molecule has 3 aromatic rings. The van der Waals surface area contributed by atoms with Crippen LogP contribution in [0.25, 0.3) is 0 Å². The Morgan fingerprint density at radius 3 is 2.96 bits per heavy atom. The number of hydrogen-bond donors (Lipinski definition) is 0. The van der Waals surface area contributed by atoms with E-state index in [0.29, 0.717) is 25.2 Å². The summed E-state index contributed by atoms with van der Waals surface area (Å²) >= 11 is 0. The third kappa shape index (κ3) is 3.20. The zero-order chi connectivity index (χ0) is 17.2. The first-order valence-electron chi connectivity index (χ1n) is 8.47. The molecule has 0 radical (unpaired) electrons. The van der Waals surface area contributed by atoms with Gasteiger partial charge in [0.15, 0.2) is 5.89 Å². The second-order valence-corrected chi connectivity index (χ2v) is 6.32. The van der Waals surface area contributed by atoms with Crippen molar-refractivity contribution in [3.63, 3.8) is 0 Å². The van der Waals surface area contributed by atoms with Crippen LogP contribution in [0.4, 0.5) is 0 Å². The van der Waals surface area contributed by atoms with Crippen molar-refractivity contribution in [2.45, 2.75) is 25.8 Å². The van der Waals surface area contributed by atoms with Gasteiger partial charge in [0.2, 0.25) is 0 Å². The van der Waals surface area contributed by atoms with Crippen molar-refractivity contribution in [1.29, 1.82) is 0 Å². The molecule has 0 atom stereocenters. The van der Waals surface area contributed by atoms with E-state index < -0.39 is 0 Å². The third-order valence-electron chi connectivity index (χ3n) is 4.57. The molecule has 128 valence electrons. The van der Waals surface area contributed by atoms with E-state index in [1.165, 1.54) is 5.56 Å². The highest BCUT2D eigenvalue weighted by Gasteiger charge is 2.27. The smallest absolute Gasteiger partial charge is 0.270 e. The summed E-state index contributed by atoms with van der Waals surface area (Å²) in [5.74, 6) is 1.69. The molecule has 0 unspecified atom stereocenters. The first-order valence-corrected chi connectivity index (χ1v) is 8.47. The minimum atomic E-state index is 0.0399. The molecule has 6 heteroatoms. The number of fused-ring (bicyclic) bond motifs is 1. The molecule has 0 spiro atoms. The number of pyridine rings is 1. The van der Waals surface area contributed by atoms with E-state index in [9.17, 15) is 4.79 Å². The minimum Gasteiger partial charge on any atom is -0.445 e. The van der Waals surface area contributed by atoms with Crippen LogP contribution in [0.3, 0.4) is 0 Å². The quantitative estimate of drug-likeness (QED) is 0.734. The molecule has 0 aromatic carbocycles. The highest BCUT2D eigenvalue weighted by Crippen LogP contribution is 2.22. The van der Waals surface area contributed by atoms with Gasteiger partial charge in [0.1, 0.15) is 17.1 Å². The van der Waals surface area contributed by atoms with E-state index in [1.807, 2.05) is 47.1 Å². The number of hydrogen-bond acceptors (Lipinski definition) is 4. The molecule has 6 nitrogen and oxygen atoms in total. The lowest BCUT2D eigenvalue weighted by atomic mass is 10.1. The molecule has 3 aromatic heterocycles. The fourth-order valence-corrected chi connectivity index (χ4v) is 3.17. The van der Waals surface area contributed by atoms with Crippen molar-refractivity contribution < 1.29 is 9.21 Å². The Hall–Kier alpha value is -2.89. The Morgan fingerprint density at radius 2 is 2.20 bits per heavy atom. The molecule has 0 N–H and O–H groups in total. The molecule has 1 aliphatic rings. The van der Waals surface area contributed by atoms with Crippen LogP contribution >= 0.6 is 0 Å². The molecule has 0 aliphatic carbocycles. The average molecular weight is 336 g/mol. The van der Waals surface area contributed by atoms with E-state index in [4.69, 9.17) is 4.42 Å². The van der Waals surface area contributed by atoms with Crippen LogP contribution in [-0.2, 0) is 32.9 Å². The molecular formula is C19H20N4O2. The molecule has 4 rings (SSSR count). The normalized spacial score (nSPS) is 13.7. The lowest BCUT2D eigenvalue weighted by Gasteiger charge is -2.25. The van der Waals surface area contributed by atoms with Crippen LogP contribution < -0.4 is 0 Å². The molecule has 0 bridgehead atoms. The van der Waals surface area contributed by atoms with Crippen LogP contribution in [0.15, 0.2) is 47.3 Å². The fourth-order valence-electron chi connectivity index (χ4n) is 3.17. The largest absolute Gasteiger partial charge is 0.445 e. The Balaban J connectivity index is 1.44. The first-order chi connectivity index (χ1) is 12.2. The van der Waals surface area contributed by atoms with Crippen molar-refractivity contribution in [1.82, 2.24) is 19.4 Å². The van der Waals surface area contributed by atoms with E-state index in [0.717, 1.165) is 30.2 Å². The SMILES string of the molecule is Cn1cccc1C(=O)N1CCc2oc(CCc3cccnc3)nc2C1. The van der Waals surface area contributed by atoms with Gasteiger partial charge in [-0.15, -0.1) is 0 Å². The number of amides is 1. The summed E-state index contributed by atoms with van der Waals surface area (Å²) in [6.45, 7) is 1.17. The number of aromatic nitrogens is 3. The second-order valence-electron chi connectivity index (χ2n) is 6.32. The average Bonchev–Trinajstić information content (AvgIpc) is 3.25. The summed E-state index contributed by atoms with van der Waals surface area (Å²) in [6, 6.07) is 7.72. The van der Waals surface area contributed by atoms with Gasteiger partial charge in [0, 0.05) is 45.0 Å². The van der Waals surface area contributed by atoms with Gasteiger partial charge in [-0.05, 0) is 30.2 Å². The fraction of sp³-hybridized carbons (Fsp3) is 0.316. The monoisotopic (exact) mass is 336 g/mol. The Labute approximate surface area is 146 Å². The number of oxazole rings is 1. The van der Waals surface area contributed by atoms with Gasteiger partial charge in [-0.25, -0.2) is 4.98 Å². The molecule has 25 heavy (non-hydrogen) atoms. The number of nitrogens with zero attached hydrogens (tertiary/aromatic N) is 4. The number of carbonyl (C=O) groups is 1. The van der Waals surface area contributed by atoms with Gasteiger partial charge < -0.3 is 13.9 Å². The summed E-state index contributed by atoms with van der Waals surface area (Å²) in [4.78, 5) is 23.2. The maximum absolute atomic E-state index is 12.6. The number of rotatable bonds is 4. The first kappa shape index (κ1) is 15.6. The topological polar surface area (TPSA) is 64.2 Å². The van der Waals surface area contributed by atoms with Crippen molar-refractivity contribution >= 4 is 5.91 Å². The zero-order valence-electron chi connectivity index (χ0n) is 14.2. The van der Waals surface area contributed by atoms with Gasteiger partial charge in [-0.3, -0.25) is 9.78 Å². The zero-order valence-corrected chi connectivity index (χ0v) is 14.2. The van der Waals surface area contributed by atoms with Crippen LogP contribution in [0.2, 0.25) is 0 Å². The van der Waals surface area contributed by atoms with Gasteiger partial charge in [0.05, 0.1) is 6.54 Å². The lowest BCUT2D eigenvalue weighted by molar-refractivity contribution is 0.0718. The summed E-state index contributed by atoms with van der Waals surface area (Å²) in [5, 5.41) is 0. The van der Waals surface area contributed by atoms with Crippen LogP contribution in [0.1, 0.15) is 33.4 Å². The Kier molecular flexibility index (Phi) is 4.09. The van der Waals surface area contributed by atoms with Gasteiger partial charge in [0.25, 0.3) is 5.91 Å². The van der Waals surface area contributed by atoms with Gasteiger partial charge >= 0.3 is 0 Å². The van der Waals surface area contributed by atoms with Crippen molar-refractivity contribution in [2.75, 3.05) is 6.54 Å². The van der Waals surface area contributed by atoms with E-state index >= 15 is 0 Å². The predicted molar refractivity (Wildman–Crippen MR) is 92.0 cm³/mol. The standard InChI is InChI=1S/C19H20N4O2/c1-22-10-3-5-16(22)19(24)23-11-8-17-15(13-23)21-18(25-17)7-6-14-4-2-9-20-12-14/h2-5,9-10,12H,6-8,11,13H2,1H3. The van der Waals surface area contributed by atoms with Gasteiger partial charge in [-0.1, -0.05) is 6.07 Å². The molecule has 4 heterocycles. The van der Waals surface area contributed by atoms with Crippen LogP contribution in [0, 0.1) is 0 Å². The van der Waals surface area contributed by atoms with Gasteiger partial charge in [-0.2, -0.15) is 0 Å². The van der Waals surface area contributed by atoms with Crippen LogP contribution in [0.5, 0.6) is 0 Å². The van der Waals surface area contributed by atoms with Crippen molar-refractivity contribution in [3.8, 4) is 0 Å². The predicted octanol–water partition coefficient (Wildman–Crippen LogP) is 2.39. The molecule has 1 amide bonds. The summed E-state index contributed by atoms with van der Waals surface area (Å²) in [7, 11) is 1.88. The van der Waals surface area contributed by atoms with Crippen molar-refractivity contribution in [3.05, 3.63) is 71.5 Å². The van der Waals surface area contributed by atoms with E-state index in [2.05, 4.69) is 16.0 Å². The number of carbonyl (C=O) groups excluding carboxylic acids is 1. The third-order valence-corrected chi connectivity index (χ3v) is 4.57. The maximum atomic E-state index is 12.6. The molecule has 0 saturated heterocycles. The number of aryl methyl sites for hydroxylation is 3. The Bertz CT molecular complexity index is 882. The summed E-state index contributed by atoms with van der Waals surface area (Å²) in [6.07, 6.45) is 7.82. The highest BCUT2D eigenvalue weighted by atomic mass is 16.4. The second kappa shape index (κ2) is 6.55. The maximum Gasteiger partial charge on any atom is 0.270 e. The van der Waals surface area contributed by atoms with E-state index in [-0.39, 0.29) is 5.91 Å². The molecule has 0 fully saturated rings. The lowest BCUT2D eigenvalue weighted by Crippen LogP contribution is -2.36. The summed E-state index contributed by atoms with van der Waals surface area (Å²) in [5.41, 5.74) is 2.75. The molecule has 0 saturated carbocycles. The summed E-state index contributed by atoms with van der Waals surface area (Å²) < 4.78 is 7.74. The molecular weight excluding hydrogens is 316 g/mol. The molecule has 1 aliphatic heterocycles. The Morgan fingerprint density at radius 1 is 1.28 bits per heavy atom. The minimum absolute atomic E-state index is 0.0399. The van der Waals surface area contributed by atoms with Crippen LogP contribution in [-0.4, -0.2) is 31.9 Å². The van der Waals surface area contributed by atoms with Crippen molar-refractivity contribution in [2.24, 2.45) is 7.05 Å². The van der Waals surface area contributed by atoms with E-state index in [1.54, 1.807) is 6.20 Å².